The molecule has 2 fully saturated rings. The number of hydrogen-bond acceptors (Lipinski definition) is 5. The van der Waals surface area contributed by atoms with E-state index in [1.54, 1.807) is 24.3 Å². The summed E-state index contributed by atoms with van der Waals surface area (Å²) in [6.45, 7) is 1.82. The van der Waals surface area contributed by atoms with E-state index in [9.17, 15) is 13.6 Å². The van der Waals surface area contributed by atoms with E-state index in [4.69, 9.17) is 4.74 Å². The minimum atomic E-state index is -2.79. The number of nitrogens with one attached hydrogen (secondary N) is 1. The maximum atomic E-state index is 13.2. The minimum absolute atomic E-state index is 0.236. The highest BCUT2D eigenvalue weighted by Gasteiger charge is 2.43. The molecule has 3 heterocycles. The lowest BCUT2D eigenvalue weighted by molar-refractivity contribution is -0.134. The van der Waals surface area contributed by atoms with Gasteiger partial charge < -0.3 is 14.5 Å². The lowest BCUT2D eigenvalue weighted by Gasteiger charge is -2.36. The van der Waals surface area contributed by atoms with Gasteiger partial charge in [-0.25, -0.2) is 13.8 Å². The van der Waals surface area contributed by atoms with Crippen LogP contribution >= 0.6 is 0 Å². The molecule has 2 aliphatic rings. The molecule has 0 saturated carbocycles. The van der Waals surface area contributed by atoms with Crippen LogP contribution in [0.25, 0.3) is 0 Å². The second-order valence-corrected chi connectivity index (χ2v) is 5.86. The van der Waals surface area contributed by atoms with Crippen LogP contribution in [0.1, 0.15) is 6.42 Å². The third-order valence-corrected chi connectivity index (χ3v) is 4.28. The second-order valence-electron chi connectivity index (χ2n) is 5.86. The summed E-state index contributed by atoms with van der Waals surface area (Å²) < 4.78 is 31.6. The molecule has 8 heteroatoms. The van der Waals surface area contributed by atoms with Gasteiger partial charge in [0.2, 0.25) is 5.91 Å². The lowest BCUT2D eigenvalue weighted by atomic mass is 10.1. The minimum Gasteiger partial charge on any atom is -0.497 e. The number of carbonyl (C=O) groups excluding carboxylic acids is 1. The molecule has 1 unspecified atom stereocenters. The second kappa shape index (κ2) is 6.27. The van der Waals surface area contributed by atoms with Crippen molar-refractivity contribution < 1.29 is 18.3 Å². The van der Waals surface area contributed by atoms with E-state index >= 15 is 0 Å². The summed E-state index contributed by atoms with van der Waals surface area (Å²) in [6, 6.07) is 2.85. The summed E-state index contributed by atoms with van der Waals surface area (Å²) in [4.78, 5) is 20.3. The molecule has 1 amide bonds. The van der Waals surface area contributed by atoms with Crippen LogP contribution < -0.4 is 15.0 Å². The predicted molar refractivity (Wildman–Crippen MR) is 80.9 cm³/mol. The molecule has 0 spiro atoms. The van der Waals surface area contributed by atoms with Crippen LogP contribution in [-0.4, -0.2) is 67.6 Å². The molecule has 0 aliphatic carbocycles. The van der Waals surface area contributed by atoms with Crippen molar-refractivity contribution in [1.82, 2.24) is 15.2 Å². The molecule has 23 heavy (non-hydrogen) atoms. The summed E-state index contributed by atoms with van der Waals surface area (Å²) in [5.41, 5.74) is 0. The van der Waals surface area contributed by atoms with Gasteiger partial charge in [0.05, 0.1) is 19.7 Å². The molecule has 1 N–H and O–H groups in total. The Morgan fingerprint density at radius 2 is 2.13 bits per heavy atom. The van der Waals surface area contributed by atoms with Crippen molar-refractivity contribution in [3.63, 3.8) is 0 Å². The molecule has 6 nitrogen and oxygen atoms in total. The summed E-state index contributed by atoms with van der Waals surface area (Å²) in [5, 5.41) is 2.62. The Bertz CT molecular complexity index is 576. The van der Waals surface area contributed by atoms with Crippen LogP contribution in [0.5, 0.6) is 5.75 Å². The van der Waals surface area contributed by atoms with Crippen molar-refractivity contribution >= 4 is 11.7 Å². The average molecular weight is 326 g/mol. The SMILES string of the molecule is COc1ccnc(N2CCN(C(=O)C3CC(F)(F)CN3)CC2)c1. The van der Waals surface area contributed by atoms with Crippen LogP contribution in [0.4, 0.5) is 14.6 Å². The first-order valence-corrected chi connectivity index (χ1v) is 7.63. The van der Waals surface area contributed by atoms with Gasteiger partial charge in [-0.2, -0.15) is 0 Å². The topological polar surface area (TPSA) is 57.7 Å². The van der Waals surface area contributed by atoms with Gasteiger partial charge in [0.15, 0.2) is 0 Å². The molecule has 1 aromatic heterocycles. The van der Waals surface area contributed by atoms with E-state index < -0.39 is 24.9 Å². The molecular formula is C15H20F2N4O2. The number of carbonyl (C=O) groups is 1. The summed E-state index contributed by atoms with van der Waals surface area (Å²) >= 11 is 0. The Morgan fingerprint density at radius 3 is 2.74 bits per heavy atom. The number of piperazine rings is 1. The quantitative estimate of drug-likeness (QED) is 0.888. The van der Waals surface area contributed by atoms with Crippen LogP contribution in [0.15, 0.2) is 18.3 Å². The molecule has 1 atom stereocenters. The van der Waals surface area contributed by atoms with Crippen LogP contribution in [0, 0.1) is 0 Å². The number of ether oxygens (including phenoxy) is 1. The maximum absolute atomic E-state index is 13.2. The summed E-state index contributed by atoms with van der Waals surface area (Å²) in [7, 11) is 1.60. The number of hydrogen-bond donors (Lipinski definition) is 1. The van der Waals surface area contributed by atoms with Gasteiger partial charge in [0, 0.05) is 44.9 Å². The van der Waals surface area contributed by atoms with E-state index in [0.29, 0.717) is 26.2 Å². The first-order chi connectivity index (χ1) is 11.0. The van der Waals surface area contributed by atoms with E-state index in [1.807, 2.05) is 6.07 Å². The number of anilines is 1. The number of rotatable bonds is 3. The summed E-state index contributed by atoms with van der Waals surface area (Å²) in [6.07, 6.45) is 1.26. The molecule has 0 bridgehead atoms. The lowest BCUT2D eigenvalue weighted by Crippen LogP contribution is -2.53. The highest BCUT2D eigenvalue weighted by molar-refractivity contribution is 5.82. The molecule has 126 valence electrons. The van der Waals surface area contributed by atoms with Gasteiger partial charge in [-0.15, -0.1) is 0 Å². The zero-order chi connectivity index (χ0) is 16.4. The predicted octanol–water partition coefficient (Wildman–Crippen LogP) is 0.736. The third-order valence-electron chi connectivity index (χ3n) is 4.28. The van der Waals surface area contributed by atoms with Crippen molar-refractivity contribution in [2.24, 2.45) is 0 Å². The number of aromatic nitrogens is 1. The van der Waals surface area contributed by atoms with Gasteiger partial charge in [-0.05, 0) is 6.07 Å². The van der Waals surface area contributed by atoms with Crippen molar-refractivity contribution in [3.05, 3.63) is 18.3 Å². The standard InChI is InChI=1S/C15H20F2N4O2/c1-23-11-2-3-18-13(8-11)20-4-6-21(7-5-20)14(22)12-9-15(16,17)10-19-12/h2-3,8,12,19H,4-7,9-10H2,1H3. The van der Waals surface area contributed by atoms with E-state index in [2.05, 4.69) is 15.2 Å². The molecule has 2 saturated heterocycles. The van der Waals surface area contributed by atoms with Crippen molar-refractivity contribution in [3.8, 4) is 5.75 Å². The zero-order valence-corrected chi connectivity index (χ0v) is 13.0. The number of nitrogens with zero attached hydrogens (tertiary/aromatic N) is 3. The molecule has 2 aliphatic heterocycles. The molecule has 1 aromatic rings. The average Bonchev–Trinajstić information content (AvgIpc) is 2.94. The number of halogens is 2. The Balaban J connectivity index is 1.57. The van der Waals surface area contributed by atoms with Crippen LogP contribution in [0.3, 0.4) is 0 Å². The smallest absolute Gasteiger partial charge is 0.262 e. The van der Waals surface area contributed by atoms with Gasteiger partial charge in [-0.1, -0.05) is 0 Å². The fourth-order valence-electron chi connectivity index (χ4n) is 2.97. The summed E-state index contributed by atoms with van der Waals surface area (Å²) in [5.74, 6) is -1.50. The normalized spacial score (nSPS) is 23.9. The maximum Gasteiger partial charge on any atom is 0.262 e. The Hall–Kier alpha value is -1.96. The fourth-order valence-corrected chi connectivity index (χ4v) is 2.97. The van der Waals surface area contributed by atoms with Crippen molar-refractivity contribution in [2.75, 3.05) is 44.7 Å². The highest BCUT2D eigenvalue weighted by atomic mass is 19.3. The number of amides is 1. The third kappa shape index (κ3) is 3.52. The molecular weight excluding hydrogens is 306 g/mol. The van der Waals surface area contributed by atoms with Crippen LogP contribution in [0.2, 0.25) is 0 Å². The van der Waals surface area contributed by atoms with Gasteiger partial charge in [0.25, 0.3) is 5.92 Å². The van der Waals surface area contributed by atoms with E-state index in [1.165, 1.54) is 0 Å². The molecule has 0 radical (unpaired) electrons. The Kier molecular flexibility index (Phi) is 4.34. The van der Waals surface area contributed by atoms with Gasteiger partial charge in [0.1, 0.15) is 11.6 Å². The van der Waals surface area contributed by atoms with Crippen LogP contribution in [-0.2, 0) is 4.79 Å². The van der Waals surface area contributed by atoms with Crippen molar-refractivity contribution in [2.45, 2.75) is 18.4 Å². The van der Waals surface area contributed by atoms with Gasteiger partial charge >= 0.3 is 0 Å². The number of methoxy groups -OCH3 is 1. The zero-order valence-electron chi connectivity index (χ0n) is 13.0. The largest absolute Gasteiger partial charge is 0.497 e. The first kappa shape index (κ1) is 15.9. The number of alkyl halides is 2. The van der Waals surface area contributed by atoms with Crippen molar-refractivity contribution in [1.29, 1.82) is 0 Å². The Morgan fingerprint density at radius 1 is 1.39 bits per heavy atom. The van der Waals surface area contributed by atoms with E-state index in [-0.39, 0.29) is 5.91 Å². The fraction of sp³-hybridized carbons (Fsp3) is 0.600. The Labute approximate surface area is 133 Å². The number of pyridine rings is 1. The monoisotopic (exact) mass is 326 g/mol. The van der Waals surface area contributed by atoms with Gasteiger partial charge in [-0.3, -0.25) is 10.1 Å². The molecule has 0 aromatic carbocycles. The molecule has 3 rings (SSSR count). The first-order valence-electron chi connectivity index (χ1n) is 7.63. The van der Waals surface area contributed by atoms with E-state index in [0.717, 1.165) is 11.6 Å². The highest BCUT2D eigenvalue weighted by Crippen LogP contribution is 2.26.